The Hall–Kier alpha value is -0.810. The van der Waals surface area contributed by atoms with Crippen LogP contribution in [0.25, 0.3) is 0 Å². The molecule has 0 aromatic heterocycles. The van der Waals surface area contributed by atoms with Crippen LogP contribution in [0.3, 0.4) is 0 Å². The summed E-state index contributed by atoms with van der Waals surface area (Å²) < 4.78 is 11.2. The molecule has 112 valence electrons. The van der Waals surface area contributed by atoms with Gasteiger partial charge in [-0.2, -0.15) is 0 Å². The lowest BCUT2D eigenvalue weighted by molar-refractivity contribution is -0.0408. The maximum absolute atomic E-state index is 6.08. The number of likely N-dealkylation sites (N-methyl/N-ethyl adjacent to an activating group) is 1. The number of hydrogen-bond donors (Lipinski definition) is 0. The minimum Gasteiger partial charge on any atom is -0.496 e. The summed E-state index contributed by atoms with van der Waals surface area (Å²) in [6, 6.07) is 5.77. The zero-order valence-corrected chi connectivity index (χ0v) is 13.2. The lowest BCUT2D eigenvalue weighted by atomic mass is 10.1. The smallest absolute Gasteiger partial charge is 0.123 e. The molecule has 0 N–H and O–H groups in total. The van der Waals surface area contributed by atoms with Crippen molar-refractivity contribution in [1.82, 2.24) is 9.80 Å². The fraction of sp³-hybridized carbons (Fsp3) is 0.600. The maximum Gasteiger partial charge on any atom is 0.123 e. The van der Waals surface area contributed by atoms with Crippen molar-refractivity contribution in [3.8, 4) is 5.75 Å². The van der Waals surface area contributed by atoms with Crippen LogP contribution in [0.4, 0.5) is 0 Å². The number of ether oxygens (including phenoxy) is 2. The van der Waals surface area contributed by atoms with Crippen LogP contribution in [-0.2, 0) is 11.3 Å². The molecule has 20 heavy (non-hydrogen) atoms. The van der Waals surface area contributed by atoms with Crippen LogP contribution < -0.4 is 4.74 Å². The summed E-state index contributed by atoms with van der Waals surface area (Å²) in [5.41, 5.74) is 1.13. The van der Waals surface area contributed by atoms with E-state index in [9.17, 15) is 0 Å². The van der Waals surface area contributed by atoms with Gasteiger partial charge in [0.2, 0.25) is 0 Å². The Bertz CT molecular complexity index is 440. The molecule has 1 aromatic carbocycles. The quantitative estimate of drug-likeness (QED) is 0.831. The molecule has 5 heteroatoms. The molecule has 1 saturated heterocycles. The van der Waals surface area contributed by atoms with Gasteiger partial charge in [0.05, 0.1) is 19.8 Å². The molecule has 4 nitrogen and oxygen atoms in total. The molecule has 0 saturated carbocycles. The van der Waals surface area contributed by atoms with Crippen molar-refractivity contribution in [2.24, 2.45) is 0 Å². The van der Waals surface area contributed by atoms with E-state index in [1.165, 1.54) is 0 Å². The highest BCUT2D eigenvalue weighted by Gasteiger charge is 2.21. The first kappa shape index (κ1) is 15.6. The van der Waals surface area contributed by atoms with Crippen LogP contribution in [0.1, 0.15) is 5.56 Å². The fourth-order valence-electron chi connectivity index (χ4n) is 2.55. The van der Waals surface area contributed by atoms with Crippen molar-refractivity contribution >= 4 is 11.6 Å². The molecule has 1 aliphatic heterocycles. The summed E-state index contributed by atoms with van der Waals surface area (Å²) in [4.78, 5) is 4.56. The van der Waals surface area contributed by atoms with E-state index < -0.39 is 0 Å². The van der Waals surface area contributed by atoms with Gasteiger partial charge in [-0.05, 0) is 32.3 Å². The Morgan fingerprint density at radius 1 is 1.45 bits per heavy atom. The van der Waals surface area contributed by atoms with Crippen LogP contribution in [-0.4, -0.2) is 63.4 Å². The zero-order valence-electron chi connectivity index (χ0n) is 12.4. The van der Waals surface area contributed by atoms with E-state index in [-0.39, 0.29) is 6.10 Å². The van der Waals surface area contributed by atoms with E-state index >= 15 is 0 Å². The summed E-state index contributed by atoms with van der Waals surface area (Å²) in [5.74, 6) is 0.894. The summed E-state index contributed by atoms with van der Waals surface area (Å²) in [6.07, 6.45) is 0.268. The first-order valence-electron chi connectivity index (χ1n) is 6.89. The molecule has 1 fully saturated rings. The van der Waals surface area contributed by atoms with E-state index in [2.05, 4.69) is 23.9 Å². The van der Waals surface area contributed by atoms with Gasteiger partial charge < -0.3 is 14.4 Å². The van der Waals surface area contributed by atoms with E-state index in [1.54, 1.807) is 7.11 Å². The standard InChI is InChI=1S/C15H23ClN2O2/c1-17(2)10-14-11-18(6-7-20-14)9-12-8-13(16)4-5-15(12)19-3/h4-5,8,14H,6-7,9-11H2,1-3H3. The summed E-state index contributed by atoms with van der Waals surface area (Å²) in [5, 5.41) is 0.749. The van der Waals surface area contributed by atoms with Gasteiger partial charge in [0.1, 0.15) is 5.75 Å². The molecule has 0 aliphatic carbocycles. The van der Waals surface area contributed by atoms with Crippen molar-refractivity contribution in [3.05, 3.63) is 28.8 Å². The molecular weight excluding hydrogens is 276 g/mol. The van der Waals surface area contributed by atoms with Crippen LogP contribution in [0.5, 0.6) is 5.75 Å². The normalized spacial score (nSPS) is 20.4. The molecule has 1 aromatic rings. The van der Waals surface area contributed by atoms with Crippen molar-refractivity contribution in [2.75, 3.05) is 47.4 Å². The van der Waals surface area contributed by atoms with Gasteiger partial charge in [-0.15, -0.1) is 0 Å². The van der Waals surface area contributed by atoms with Crippen molar-refractivity contribution in [3.63, 3.8) is 0 Å². The monoisotopic (exact) mass is 298 g/mol. The SMILES string of the molecule is COc1ccc(Cl)cc1CN1CCOC(CN(C)C)C1. The summed E-state index contributed by atoms with van der Waals surface area (Å²) >= 11 is 6.08. The fourth-order valence-corrected chi connectivity index (χ4v) is 2.75. The molecule has 0 radical (unpaired) electrons. The van der Waals surface area contributed by atoms with Crippen LogP contribution >= 0.6 is 11.6 Å². The highest BCUT2D eigenvalue weighted by atomic mass is 35.5. The molecule has 1 aliphatic rings. The van der Waals surface area contributed by atoms with Crippen molar-refractivity contribution in [2.45, 2.75) is 12.6 Å². The van der Waals surface area contributed by atoms with Gasteiger partial charge in [-0.25, -0.2) is 0 Å². The van der Waals surface area contributed by atoms with Crippen molar-refractivity contribution < 1.29 is 9.47 Å². The second-order valence-electron chi connectivity index (χ2n) is 5.45. The highest BCUT2D eigenvalue weighted by molar-refractivity contribution is 6.30. The van der Waals surface area contributed by atoms with Crippen molar-refractivity contribution in [1.29, 1.82) is 0 Å². The average Bonchev–Trinajstić information content (AvgIpc) is 2.38. The minimum absolute atomic E-state index is 0.268. The van der Waals surface area contributed by atoms with Crippen LogP contribution in [0.2, 0.25) is 5.02 Å². The second kappa shape index (κ2) is 7.27. The van der Waals surface area contributed by atoms with Crippen LogP contribution in [0.15, 0.2) is 18.2 Å². The predicted octanol–water partition coefficient (Wildman–Crippen LogP) is 2.11. The lowest BCUT2D eigenvalue weighted by Crippen LogP contribution is -2.45. The maximum atomic E-state index is 6.08. The van der Waals surface area contributed by atoms with Gasteiger partial charge in [0.25, 0.3) is 0 Å². The first-order valence-corrected chi connectivity index (χ1v) is 7.27. The van der Waals surface area contributed by atoms with Gasteiger partial charge in [0, 0.05) is 36.8 Å². The number of halogens is 1. The number of hydrogen-bond acceptors (Lipinski definition) is 4. The molecule has 1 atom stereocenters. The number of nitrogens with zero attached hydrogens (tertiary/aromatic N) is 2. The third kappa shape index (κ3) is 4.35. The zero-order chi connectivity index (χ0) is 14.5. The van der Waals surface area contributed by atoms with E-state index in [0.29, 0.717) is 0 Å². The number of rotatable bonds is 5. The third-order valence-corrected chi connectivity index (χ3v) is 3.66. The van der Waals surface area contributed by atoms with Gasteiger partial charge in [-0.3, -0.25) is 4.90 Å². The Balaban J connectivity index is 2.00. The lowest BCUT2D eigenvalue weighted by Gasteiger charge is -2.34. The van der Waals surface area contributed by atoms with Gasteiger partial charge in [-0.1, -0.05) is 11.6 Å². The van der Waals surface area contributed by atoms with E-state index in [4.69, 9.17) is 21.1 Å². The predicted molar refractivity (Wildman–Crippen MR) is 81.6 cm³/mol. The molecule has 2 rings (SSSR count). The number of morpholine rings is 1. The molecule has 0 bridgehead atoms. The number of benzene rings is 1. The average molecular weight is 299 g/mol. The topological polar surface area (TPSA) is 24.9 Å². The van der Waals surface area contributed by atoms with Crippen LogP contribution in [0, 0.1) is 0 Å². The van der Waals surface area contributed by atoms with E-state index in [1.807, 2.05) is 18.2 Å². The molecule has 0 spiro atoms. The second-order valence-corrected chi connectivity index (χ2v) is 5.88. The summed E-state index contributed by atoms with van der Waals surface area (Å²) in [7, 11) is 5.84. The number of methoxy groups -OCH3 is 1. The highest BCUT2D eigenvalue weighted by Crippen LogP contribution is 2.24. The van der Waals surface area contributed by atoms with Gasteiger partial charge >= 0.3 is 0 Å². The molecule has 0 amide bonds. The Labute approximate surface area is 126 Å². The molecule has 1 heterocycles. The Morgan fingerprint density at radius 2 is 2.25 bits per heavy atom. The largest absolute Gasteiger partial charge is 0.496 e. The Kier molecular flexibility index (Phi) is 5.66. The molecular formula is C15H23ClN2O2. The Morgan fingerprint density at radius 3 is 2.95 bits per heavy atom. The molecule has 1 unspecified atom stereocenters. The minimum atomic E-state index is 0.268. The summed E-state index contributed by atoms with van der Waals surface area (Å²) in [6.45, 7) is 4.45. The van der Waals surface area contributed by atoms with Gasteiger partial charge in [0.15, 0.2) is 0 Å². The van der Waals surface area contributed by atoms with E-state index in [0.717, 1.165) is 49.1 Å². The first-order chi connectivity index (χ1) is 9.58. The third-order valence-electron chi connectivity index (χ3n) is 3.43.